The third-order valence-electron chi connectivity index (χ3n) is 2.81. The number of hydrazine groups is 1. The molecule has 0 aliphatic carbocycles. The summed E-state index contributed by atoms with van der Waals surface area (Å²) in [5.74, 6) is -0.294. The molecular formula is C15H13FN2O3. The molecule has 0 aliphatic heterocycles. The van der Waals surface area contributed by atoms with Crippen LogP contribution in [0.1, 0.15) is 10.4 Å². The normalized spacial score (nSPS) is 9.81. The SMILES string of the molecule is COc1ccc(N(NC=O)C(=O)c2ccc(F)cc2)cc1. The first-order chi connectivity index (χ1) is 10.2. The molecule has 0 aliphatic rings. The van der Waals surface area contributed by atoms with Gasteiger partial charge in [-0.3, -0.25) is 15.0 Å². The van der Waals surface area contributed by atoms with Crippen LogP contribution in [0.4, 0.5) is 10.1 Å². The molecule has 0 bridgehead atoms. The van der Waals surface area contributed by atoms with Gasteiger partial charge in [0, 0.05) is 5.56 Å². The zero-order valence-electron chi connectivity index (χ0n) is 11.2. The average molecular weight is 288 g/mol. The number of hydrogen-bond acceptors (Lipinski definition) is 3. The van der Waals surface area contributed by atoms with Gasteiger partial charge in [0.25, 0.3) is 5.91 Å². The highest BCUT2D eigenvalue weighted by Gasteiger charge is 2.17. The van der Waals surface area contributed by atoms with Crippen LogP contribution >= 0.6 is 0 Å². The summed E-state index contributed by atoms with van der Waals surface area (Å²) in [6, 6.07) is 11.6. The molecule has 0 fully saturated rings. The Morgan fingerprint density at radius 1 is 1.14 bits per heavy atom. The number of carbonyl (C=O) groups excluding carboxylic acids is 2. The zero-order chi connectivity index (χ0) is 15.2. The molecule has 6 heteroatoms. The van der Waals surface area contributed by atoms with E-state index in [0.717, 1.165) is 5.01 Å². The van der Waals surface area contributed by atoms with Gasteiger partial charge in [0.15, 0.2) is 0 Å². The summed E-state index contributed by atoms with van der Waals surface area (Å²) >= 11 is 0. The first-order valence-corrected chi connectivity index (χ1v) is 6.09. The molecule has 0 saturated heterocycles. The molecule has 2 aromatic carbocycles. The van der Waals surface area contributed by atoms with Crippen molar-refractivity contribution in [1.29, 1.82) is 0 Å². The molecule has 0 heterocycles. The number of halogens is 1. The molecule has 0 atom stereocenters. The maximum atomic E-state index is 12.9. The number of hydrogen-bond donors (Lipinski definition) is 1. The first-order valence-electron chi connectivity index (χ1n) is 6.09. The number of anilines is 1. The summed E-state index contributed by atoms with van der Waals surface area (Å²) in [5, 5.41) is 1.07. The summed E-state index contributed by atoms with van der Waals surface area (Å²) in [6.45, 7) is 0. The lowest BCUT2D eigenvalue weighted by Gasteiger charge is -2.21. The maximum absolute atomic E-state index is 12.9. The van der Waals surface area contributed by atoms with Crippen LogP contribution < -0.4 is 15.2 Å². The number of amides is 2. The van der Waals surface area contributed by atoms with Crippen molar-refractivity contribution in [2.24, 2.45) is 0 Å². The highest BCUT2D eigenvalue weighted by molar-refractivity contribution is 6.06. The molecule has 1 N–H and O–H groups in total. The van der Waals surface area contributed by atoms with E-state index >= 15 is 0 Å². The number of benzene rings is 2. The fourth-order valence-electron chi connectivity index (χ4n) is 1.76. The second kappa shape index (κ2) is 6.51. The van der Waals surface area contributed by atoms with Crippen LogP contribution in [0, 0.1) is 5.82 Å². The number of methoxy groups -OCH3 is 1. The highest BCUT2D eigenvalue weighted by Crippen LogP contribution is 2.19. The number of carbonyl (C=O) groups is 2. The lowest BCUT2D eigenvalue weighted by Crippen LogP contribution is -2.42. The molecule has 0 radical (unpaired) electrons. The van der Waals surface area contributed by atoms with E-state index in [1.54, 1.807) is 24.3 Å². The van der Waals surface area contributed by atoms with E-state index in [1.807, 2.05) is 0 Å². The predicted molar refractivity (Wildman–Crippen MR) is 75.4 cm³/mol. The minimum atomic E-state index is -0.479. The van der Waals surface area contributed by atoms with Crippen molar-refractivity contribution in [3.63, 3.8) is 0 Å². The summed E-state index contributed by atoms with van der Waals surface area (Å²) < 4.78 is 17.9. The monoisotopic (exact) mass is 288 g/mol. The number of rotatable bonds is 5. The van der Waals surface area contributed by atoms with Crippen molar-refractivity contribution >= 4 is 18.0 Å². The molecular weight excluding hydrogens is 275 g/mol. The Hall–Kier alpha value is -2.89. The van der Waals surface area contributed by atoms with Crippen molar-refractivity contribution in [1.82, 2.24) is 5.43 Å². The predicted octanol–water partition coefficient (Wildman–Crippen LogP) is 2.14. The third-order valence-corrected chi connectivity index (χ3v) is 2.81. The van der Waals surface area contributed by atoms with E-state index in [1.165, 1.54) is 31.4 Å². The maximum Gasteiger partial charge on any atom is 0.277 e. The molecule has 0 unspecified atom stereocenters. The highest BCUT2D eigenvalue weighted by atomic mass is 19.1. The minimum Gasteiger partial charge on any atom is -0.497 e. The number of ether oxygens (including phenoxy) is 1. The standard InChI is InChI=1S/C15H13FN2O3/c1-21-14-8-6-13(7-9-14)18(17-10-19)15(20)11-2-4-12(16)5-3-11/h2-10H,1H3,(H,17,19). The van der Waals surface area contributed by atoms with Gasteiger partial charge in [-0.05, 0) is 48.5 Å². The fraction of sp³-hybridized carbons (Fsp3) is 0.0667. The van der Waals surface area contributed by atoms with Gasteiger partial charge in [-0.2, -0.15) is 0 Å². The number of nitrogens with one attached hydrogen (secondary N) is 1. The first kappa shape index (κ1) is 14.5. The van der Waals surface area contributed by atoms with Gasteiger partial charge < -0.3 is 4.74 Å². The smallest absolute Gasteiger partial charge is 0.277 e. The summed E-state index contributed by atoms with van der Waals surface area (Å²) in [5.41, 5.74) is 3.03. The Morgan fingerprint density at radius 2 is 1.76 bits per heavy atom. The van der Waals surface area contributed by atoms with Crippen LogP contribution in [0.5, 0.6) is 5.75 Å². The van der Waals surface area contributed by atoms with Gasteiger partial charge in [0.2, 0.25) is 6.41 Å². The summed E-state index contributed by atoms with van der Waals surface area (Å²) in [7, 11) is 1.53. The van der Waals surface area contributed by atoms with Gasteiger partial charge in [0.1, 0.15) is 11.6 Å². The van der Waals surface area contributed by atoms with Gasteiger partial charge >= 0.3 is 0 Å². The molecule has 0 aromatic heterocycles. The fourth-order valence-corrected chi connectivity index (χ4v) is 1.76. The Kier molecular flexibility index (Phi) is 4.50. The number of nitrogens with zero attached hydrogens (tertiary/aromatic N) is 1. The van der Waals surface area contributed by atoms with Crippen molar-refractivity contribution in [2.45, 2.75) is 0 Å². The zero-order valence-corrected chi connectivity index (χ0v) is 11.2. The summed E-state index contributed by atoms with van der Waals surface area (Å²) in [4.78, 5) is 23.1. The Balaban J connectivity index is 2.30. The summed E-state index contributed by atoms with van der Waals surface area (Å²) in [6.07, 6.45) is 0.394. The minimum absolute atomic E-state index is 0.251. The van der Waals surface area contributed by atoms with Crippen LogP contribution in [0.2, 0.25) is 0 Å². The average Bonchev–Trinajstić information content (AvgIpc) is 2.53. The largest absolute Gasteiger partial charge is 0.497 e. The lowest BCUT2D eigenvalue weighted by molar-refractivity contribution is -0.109. The van der Waals surface area contributed by atoms with Crippen LogP contribution in [0.15, 0.2) is 48.5 Å². The lowest BCUT2D eigenvalue weighted by atomic mass is 10.2. The topological polar surface area (TPSA) is 58.6 Å². The quantitative estimate of drug-likeness (QED) is 0.677. The van der Waals surface area contributed by atoms with Crippen LogP contribution in [-0.2, 0) is 4.79 Å². The van der Waals surface area contributed by atoms with Gasteiger partial charge in [0.05, 0.1) is 12.8 Å². The molecule has 5 nitrogen and oxygen atoms in total. The van der Waals surface area contributed by atoms with E-state index in [4.69, 9.17) is 4.74 Å². The van der Waals surface area contributed by atoms with Crippen LogP contribution in [-0.4, -0.2) is 19.4 Å². The van der Waals surface area contributed by atoms with E-state index in [-0.39, 0.29) is 5.56 Å². The molecule has 0 saturated carbocycles. The van der Waals surface area contributed by atoms with Crippen molar-refractivity contribution < 1.29 is 18.7 Å². The second-order valence-electron chi connectivity index (χ2n) is 4.09. The molecule has 2 aromatic rings. The van der Waals surface area contributed by atoms with E-state index in [2.05, 4.69) is 5.43 Å². The Morgan fingerprint density at radius 3 is 2.29 bits per heavy atom. The van der Waals surface area contributed by atoms with Crippen LogP contribution in [0.25, 0.3) is 0 Å². The second-order valence-corrected chi connectivity index (χ2v) is 4.09. The Labute approximate surface area is 120 Å². The van der Waals surface area contributed by atoms with Crippen molar-refractivity contribution in [3.8, 4) is 5.75 Å². The molecule has 21 heavy (non-hydrogen) atoms. The van der Waals surface area contributed by atoms with Gasteiger partial charge in [-0.1, -0.05) is 0 Å². The van der Waals surface area contributed by atoms with Crippen LogP contribution in [0.3, 0.4) is 0 Å². The Bertz CT molecular complexity index is 626. The van der Waals surface area contributed by atoms with E-state index in [0.29, 0.717) is 17.8 Å². The molecule has 108 valence electrons. The van der Waals surface area contributed by atoms with E-state index in [9.17, 15) is 14.0 Å². The van der Waals surface area contributed by atoms with Gasteiger partial charge in [-0.15, -0.1) is 0 Å². The molecule has 2 amide bonds. The molecule has 0 spiro atoms. The third kappa shape index (κ3) is 3.36. The van der Waals surface area contributed by atoms with Gasteiger partial charge in [-0.25, -0.2) is 9.40 Å². The van der Waals surface area contributed by atoms with Crippen molar-refractivity contribution in [2.75, 3.05) is 12.1 Å². The molecule has 2 rings (SSSR count). The van der Waals surface area contributed by atoms with Crippen molar-refractivity contribution in [3.05, 3.63) is 59.9 Å². The van der Waals surface area contributed by atoms with E-state index < -0.39 is 11.7 Å².